The first-order valence-electron chi connectivity index (χ1n) is 13.9. The molecule has 11 heteroatoms. The van der Waals surface area contributed by atoms with Crippen LogP contribution in [0.4, 0.5) is 19.0 Å². The molecule has 0 radical (unpaired) electrons. The van der Waals surface area contributed by atoms with Gasteiger partial charge in [0.2, 0.25) is 0 Å². The molecule has 1 fully saturated rings. The number of pyridine rings is 1. The maximum atomic E-state index is 13.5. The molecule has 0 bridgehead atoms. The van der Waals surface area contributed by atoms with E-state index in [1.165, 1.54) is 12.1 Å². The second kappa shape index (κ2) is 10.3. The van der Waals surface area contributed by atoms with E-state index in [2.05, 4.69) is 44.9 Å². The molecule has 208 valence electrons. The second-order valence-corrected chi connectivity index (χ2v) is 10.8. The molecule has 3 atom stereocenters. The van der Waals surface area contributed by atoms with Crippen LogP contribution in [-0.4, -0.2) is 54.6 Å². The normalized spacial score (nSPS) is 22.3. The Hall–Kier alpha value is -3.78. The van der Waals surface area contributed by atoms with Crippen LogP contribution in [0.15, 0.2) is 36.7 Å². The molecule has 8 nitrogen and oxygen atoms in total. The van der Waals surface area contributed by atoms with Crippen molar-refractivity contribution in [2.24, 2.45) is 0 Å². The molecule has 0 amide bonds. The quantitative estimate of drug-likeness (QED) is 0.302. The van der Waals surface area contributed by atoms with Crippen LogP contribution in [-0.2, 0) is 12.6 Å². The van der Waals surface area contributed by atoms with Gasteiger partial charge in [0.05, 0.1) is 11.1 Å². The summed E-state index contributed by atoms with van der Waals surface area (Å²) in [4.78, 5) is 14.3. The highest BCUT2D eigenvalue weighted by atomic mass is 19.4. The fourth-order valence-electron chi connectivity index (χ4n) is 6.50. The Labute approximate surface area is 230 Å². The summed E-state index contributed by atoms with van der Waals surface area (Å²) in [7, 11) is 0. The van der Waals surface area contributed by atoms with Crippen LogP contribution < -0.4 is 4.90 Å². The molecule has 1 aliphatic carbocycles. The Kier molecular flexibility index (Phi) is 6.82. The number of nitrogens with zero attached hydrogens (tertiary/aromatic N) is 8. The van der Waals surface area contributed by atoms with Crippen LogP contribution in [0.25, 0.3) is 16.8 Å². The van der Waals surface area contributed by atoms with Crippen molar-refractivity contribution >= 4 is 22.6 Å². The Morgan fingerprint density at radius 1 is 1.02 bits per heavy atom. The van der Waals surface area contributed by atoms with Crippen molar-refractivity contribution in [3.63, 3.8) is 0 Å². The molecule has 0 N–H and O–H groups in total. The summed E-state index contributed by atoms with van der Waals surface area (Å²) < 4.78 is 42.3. The zero-order valence-corrected chi connectivity index (χ0v) is 22.6. The number of alkyl halides is 3. The SMILES string of the molecule is CC[C@H]1CN(C2CCCCc3cc(C(F)(F)F)ccc32)[C@H](CC)CN1c1nc2nncn2c2ccc(C#N)nc12. The molecular weight excluding hydrogens is 517 g/mol. The van der Waals surface area contributed by atoms with E-state index in [0.29, 0.717) is 35.8 Å². The number of benzene rings is 1. The summed E-state index contributed by atoms with van der Waals surface area (Å²) >= 11 is 0. The lowest BCUT2D eigenvalue weighted by Crippen LogP contribution is -2.59. The lowest BCUT2D eigenvalue weighted by atomic mass is 9.91. The van der Waals surface area contributed by atoms with Crippen molar-refractivity contribution in [1.82, 2.24) is 29.5 Å². The minimum atomic E-state index is -4.34. The van der Waals surface area contributed by atoms with E-state index in [1.54, 1.807) is 22.9 Å². The van der Waals surface area contributed by atoms with Gasteiger partial charge in [-0.25, -0.2) is 4.98 Å². The van der Waals surface area contributed by atoms with Gasteiger partial charge in [0.1, 0.15) is 23.6 Å². The number of anilines is 1. The smallest absolute Gasteiger partial charge is 0.349 e. The van der Waals surface area contributed by atoms with E-state index in [-0.39, 0.29) is 18.1 Å². The highest BCUT2D eigenvalue weighted by molar-refractivity contribution is 5.88. The van der Waals surface area contributed by atoms with Gasteiger partial charge in [-0.1, -0.05) is 26.3 Å². The van der Waals surface area contributed by atoms with Gasteiger partial charge in [0.25, 0.3) is 5.78 Å². The number of piperazine rings is 1. The summed E-state index contributed by atoms with van der Waals surface area (Å²) in [6, 6.07) is 10.3. The third kappa shape index (κ3) is 4.54. The number of halogens is 3. The van der Waals surface area contributed by atoms with Gasteiger partial charge in [0, 0.05) is 31.2 Å². The Morgan fingerprint density at radius 3 is 2.60 bits per heavy atom. The maximum Gasteiger partial charge on any atom is 0.416 e. The number of aryl methyl sites for hydroxylation is 1. The van der Waals surface area contributed by atoms with Crippen molar-refractivity contribution in [2.45, 2.75) is 76.7 Å². The molecule has 4 heterocycles. The third-order valence-corrected chi connectivity index (χ3v) is 8.55. The van der Waals surface area contributed by atoms with E-state index < -0.39 is 11.7 Å². The molecule has 6 rings (SSSR count). The highest BCUT2D eigenvalue weighted by Gasteiger charge is 2.39. The molecular formula is C29H31F3N8. The summed E-state index contributed by atoms with van der Waals surface area (Å²) in [5.74, 6) is 1.16. The number of rotatable bonds is 4. The Bertz CT molecular complexity index is 1590. The first-order valence-corrected chi connectivity index (χ1v) is 13.9. The standard InChI is InChI=1S/C29H31F3N8/c1-3-21-16-39(27-26-25(12-10-20(14-33)35-26)40-17-34-37-28(40)36-27)22(4-2)15-38(21)24-8-6-5-7-18-13-19(29(30,31)32)9-11-23(18)24/h9-13,17,21-22,24H,3-8,15-16H2,1-2H3/t21-,22+,24?/m1/s1. The minimum Gasteiger partial charge on any atom is -0.349 e. The van der Waals surface area contributed by atoms with Crippen LogP contribution in [0.3, 0.4) is 0 Å². The first kappa shape index (κ1) is 26.4. The van der Waals surface area contributed by atoms with Gasteiger partial charge in [-0.15, -0.1) is 10.2 Å². The van der Waals surface area contributed by atoms with Crippen LogP contribution in [0.5, 0.6) is 0 Å². The number of aromatic nitrogens is 5. The number of hydrogen-bond donors (Lipinski definition) is 0. The van der Waals surface area contributed by atoms with Gasteiger partial charge in [-0.05, 0) is 67.5 Å². The number of fused-ring (bicyclic) bond motifs is 4. The highest BCUT2D eigenvalue weighted by Crippen LogP contribution is 2.41. The van der Waals surface area contributed by atoms with E-state index in [9.17, 15) is 18.4 Å². The molecule has 2 aliphatic rings. The van der Waals surface area contributed by atoms with Crippen molar-refractivity contribution in [2.75, 3.05) is 18.0 Å². The van der Waals surface area contributed by atoms with Crippen LogP contribution in [0.1, 0.15) is 74.4 Å². The topological polar surface area (TPSA) is 86.2 Å². The largest absolute Gasteiger partial charge is 0.416 e. The van der Waals surface area contributed by atoms with E-state index in [0.717, 1.165) is 55.3 Å². The van der Waals surface area contributed by atoms with Crippen molar-refractivity contribution in [1.29, 1.82) is 5.26 Å². The van der Waals surface area contributed by atoms with Crippen molar-refractivity contribution < 1.29 is 13.2 Å². The summed E-state index contributed by atoms with van der Waals surface area (Å²) in [6.45, 7) is 5.74. The maximum absolute atomic E-state index is 13.5. The van der Waals surface area contributed by atoms with Gasteiger partial charge < -0.3 is 4.90 Å². The lowest BCUT2D eigenvalue weighted by molar-refractivity contribution is -0.137. The Balaban J connectivity index is 1.40. The molecule has 1 aromatic carbocycles. The second-order valence-electron chi connectivity index (χ2n) is 10.8. The summed E-state index contributed by atoms with van der Waals surface area (Å²) in [6.07, 6.45) is 2.43. The number of hydrogen-bond acceptors (Lipinski definition) is 7. The molecule has 0 saturated carbocycles. The van der Waals surface area contributed by atoms with Gasteiger partial charge in [0.15, 0.2) is 5.82 Å². The lowest BCUT2D eigenvalue weighted by Gasteiger charge is -2.50. The molecule has 1 unspecified atom stereocenters. The van der Waals surface area contributed by atoms with E-state index >= 15 is 0 Å². The molecule has 3 aromatic heterocycles. The van der Waals surface area contributed by atoms with Crippen molar-refractivity contribution in [3.05, 3.63) is 59.0 Å². The third-order valence-electron chi connectivity index (χ3n) is 8.55. The molecule has 1 aliphatic heterocycles. The predicted octanol–water partition coefficient (Wildman–Crippen LogP) is 5.71. The van der Waals surface area contributed by atoms with Gasteiger partial charge in [-0.2, -0.15) is 23.4 Å². The Morgan fingerprint density at radius 2 is 1.85 bits per heavy atom. The van der Waals surface area contributed by atoms with Crippen LogP contribution in [0.2, 0.25) is 0 Å². The van der Waals surface area contributed by atoms with E-state index in [4.69, 9.17) is 4.98 Å². The van der Waals surface area contributed by atoms with Gasteiger partial charge >= 0.3 is 6.18 Å². The summed E-state index contributed by atoms with van der Waals surface area (Å²) in [5, 5.41) is 17.8. The van der Waals surface area contributed by atoms with Gasteiger partial charge in [-0.3, -0.25) is 9.30 Å². The molecule has 1 saturated heterocycles. The molecule has 4 aromatic rings. The zero-order valence-electron chi connectivity index (χ0n) is 22.6. The average molecular weight is 549 g/mol. The predicted molar refractivity (Wildman–Crippen MR) is 145 cm³/mol. The molecule has 40 heavy (non-hydrogen) atoms. The van der Waals surface area contributed by atoms with Crippen LogP contribution >= 0.6 is 0 Å². The molecule has 0 spiro atoms. The van der Waals surface area contributed by atoms with Crippen LogP contribution in [0, 0.1) is 11.3 Å². The minimum absolute atomic E-state index is 0.0629. The first-order chi connectivity index (χ1) is 19.3. The zero-order chi connectivity index (χ0) is 28.0. The van der Waals surface area contributed by atoms with Crippen molar-refractivity contribution in [3.8, 4) is 6.07 Å². The summed E-state index contributed by atoms with van der Waals surface area (Å²) in [5.41, 5.74) is 3.01. The fourth-order valence-corrected chi connectivity index (χ4v) is 6.50. The monoisotopic (exact) mass is 548 g/mol. The number of nitriles is 1. The fraction of sp³-hybridized carbons (Fsp3) is 0.483. The average Bonchev–Trinajstić information content (AvgIpc) is 3.34. The van der Waals surface area contributed by atoms with E-state index in [1.807, 2.05) is 6.07 Å².